The molecule has 0 saturated carbocycles. The van der Waals surface area contributed by atoms with Crippen molar-refractivity contribution in [2.24, 2.45) is 11.8 Å². The molecule has 0 aromatic carbocycles. The molecule has 2 N–H and O–H groups in total. The second-order valence-corrected chi connectivity index (χ2v) is 5.75. The van der Waals surface area contributed by atoms with E-state index in [2.05, 4.69) is 29.4 Å². The van der Waals surface area contributed by atoms with Crippen molar-refractivity contribution in [2.75, 3.05) is 26.2 Å². The molecule has 0 radical (unpaired) electrons. The molecular weight excluding hydrogens is 230 g/mol. The van der Waals surface area contributed by atoms with Gasteiger partial charge in [0.2, 0.25) is 0 Å². The summed E-state index contributed by atoms with van der Waals surface area (Å²) < 4.78 is 0. The maximum absolute atomic E-state index is 5.21. The summed E-state index contributed by atoms with van der Waals surface area (Å²) in [6.45, 7) is 8.93. The third-order valence-electron chi connectivity index (χ3n) is 4.37. The van der Waals surface area contributed by atoms with E-state index in [1.807, 2.05) is 0 Å². The first kappa shape index (κ1) is 13.1. The Morgan fingerprint density at radius 2 is 2.18 bits per heavy atom. The molecule has 3 aliphatic heterocycles. The molecule has 3 fully saturated rings. The summed E-state index contributed by atoms with van der Waals surface area (Å²) in [6.07, 6.45) is 4.12. The van der Waals surface area contributed by atoms with Gasteiger partial charge in [-0.3, -0.25) is 4.90 Å². The van der Waals surface area contributed by atoms with E-state index in [9.17, 15) is 0 Å². The molecule has 0 aromatic heterocycles. The van der Waals surface area contributed by atoms with Gasteiger partial charge < -0.3 is 10.6 Å². The smallest absolute Gasteiger partial charge is 0.166 e. The number of thiocarbonyl (C=S) groups is 1. The van der Waals surface area contributed by atoms with E-state index >= 15 is 0 Å². The first-order valence-electron chi connectivity index (χ1n) is 7.00. The first-order valence-corrected chi connectivity index (χ1v) is 7.41. The maximum atomic E-state index is 5.21. The van der Waals surface area contributed by atoms with Crippen molar-refractivity contribution in [3.05, 3.63) is 0 Å². The van der Waals surface area contributed by atoms with Crippen LogP contribution in [0.4, 0.5) is 0 Å². The van der Waals surface area contributed by atoms with E-state index in [0.717, 1.165) is 30.0 Å². The van der Waals surface area contributed by atoms with Gasteiger partial charge in [-0.25, -0.2) is 0 Å². The van der Waals surface area contributed by atoms with Crippen molar-refractivity contribution in [3.63, 3.8) is 0 Å². The number of piperidine rings is 3. The molecule has 98 valence electrons. The summed E-state index contributed by atoms with van der Waals surface area (Å²) in [6, 6.07) is 0.702. The molecule has 0 amide bonds. The minimum absolute atomic E-state index is 0.702. The van der Waals surface area contributed by atoms with E-state index in [0.29, 0.717) is 6.04 Å². The zero-order valence-corrected chi connectivity index (χ0v) is 11.9. The number of hydrogen-bond donors (Lipinski definition) is 2. The number of hydrogen-bond acceptors (Lipinski definition) is 2. The highest BCUT2D eigenvalue weighted by Gasteiger charge is 2.38. The van der Waals surface area contributed by atoms with E-state index in [1.165, 1.54) is 32.4 Å². The molecular formula is C13H25N3S. The Hall–Kier alpha value is -0.350. The maximum Gasteiger partial charge on any atom is 0.166 e. The Morgan fingerprint density at radius 1 is 1.35 bits per heavy atom. The van der Waals surface area contributed by atoms with Crippen LogP contribution in [0.3, 0.4) is 0 Å². The van der Waals surface area contributed by atoms with Crippen molar-refractivity contribution in [1.82, 2.24) is 15.5 Å². The van der Waals surface area contributed by atoms with Crippen molar-refractivity contribution < 1.29 is 0 Å². The van der Waals surface area contributed by atoms with Crippen LogP contribution in [0.1, 0.15) is 33.1 Å². The largest absolute Gasteiger partial charge is 0.363 e. The first-order chi connectivity index (χ1) is 8.24. The zero-order chi connectivity index (χ0) is 12.3. The van der Waals surface area contributed by atoms with Crippen LogP contribution < -0.4 is 10.6 Å². The van der Waals surface area contributed by atoms with Crippen LogP contribution in [0, 0.1) is 11.8 Å². The SMILES string of the molecule is CCNC(=S)NCC1CC2CCN1CC2CC. The molecule has 3 aliphatic rings. The van der Waals surface area contributed by atoms with Crippen LogP contribution in [-0.2, 0) is 0 Å². The summed E-state index contributed by atoms with van der Waals surface area (Å²) in [5, 5.41) is 7.31. The molecule has 3 nitrogen and oxygen atoms in total. The molecule has 4 atom stereocenters. The molecule has 17 heavy (non-hydrogen) atoms. The van der Waals surface area contributed by atoms with Gasteiger partial charge in [0.05, 0.1) is 0 Å². The van der Waals surface area contributed by atoms with E-state index in [1.54, 1.807) is 0 Å². The summed E-state index contributed by atoms with van der Waals surface area (Å²) in [7, 11) is 0. The lowest BCUT2D eigenvalue weighted by Gasteiger charge is -2.50. The number of nitrogens with zero attached hydrogens (tertiary/aromatic N) is 1. The summed E-state index contributed by atoms with van der Waals surface area (Å²) in [4.78, 5) is 2.66. The third kappa shape index (κ3) is 3.10. The monoisotopic (exact) mass is 255 g/mol. The topological polar surface area (TPSA) is 27.3 Å². The Morgan fingerprint density at radius 3 is 2.76 bits per heavy atom. The van der Waals surface area contributed by atoms with Crippen molar-refractivity contribution in [1.29, 1.82) is 0 Å². The van der Waals surface area contributed by atoms with Gasteiger partial charge >= 0.3 is 0 Å². The van der Waals surface area contributed by atoms with Gasteiger partial charge in [-0.2, -0.15) is 0 Å². The van der Waals surface area contributed by atoms with E-state index in [4.69, 9.17) is 12.2 Å². The van der Waals surface area contributed by atoms with Gasteiger partial charge in [0.15, 0.2) is 5.11 Å². The fourth-order valence-electron chi connectivity index (χ4n) is 3.36. The molecule has 3 saturated heterocycles. The number of nitrogens with one attached hydrogen (secondary N) is 2. The summed E-state index contributed by atoms with van der Waals surface area (Å²) in [5.74, 6) is 1.91. The van der Waals surface area contributed by atoms with Gasteiger partial charge in [0.1, 0.15) is 0 Å². The molecule has 0 aromatic rings. The lowest BCUT2D eigenvalue weighted by atomic mass is 9.74. The predicted octanol–water partition coefficient (Wildman–Crippen LogP) is 1.59. The molecule has 0 spiro atoms. The van der Waals surface area contributed by atoms with Crippen LogP contribution in [0.5, 0.6) is 0 Å². The highest BCUT2D eigenvalue weighted by atomic mass is 32.1. The molecule has 2 bridgehead atoms. The van der Waals surface area contributed by atoms with Crippen LogP contribution in [-0.4, -0.2) is 42.2 Å². The van der Waals surface area contributed by atoms with Gasteiger partial charge in [0.25, 0.3) is 0 Å². The average Bonchev–Trinajstić information content (AvgIpc) is 2.37. The lowest BCUT2D eigenvalue weighted by Crippen LogP contribution is -2.57. The van der Waals surface area contributed by atoms with Crippen molar-refractivity contribution in [3.8, 4) is 0 Å². The Kier molecular flexibility index (Phi) is 4.62. The normalized spacial score (nSPS) is 35.6. The van der Waals surface area contributed by atoms with Crippen LogP contribution >= 0.6 is 12.2 Å². The second kappa shape index (κ2) is 6.01. The zero-order valence-electron chi connectivity index (χ0n) is 11.0. The fraction of sp³-hybridized carbons (Fsp3) is 0.923. The molecule has 0 aliphatic carbocycles. The Bertz CT molecular complexity index is 269. The predicted molar refractivity (Wildman–Crippen MR) is 76.1 cm³/mol. The molecule has 4 heteroatoms. The van der Waals surface area contributed by atoms with Gasteiger partial charge in [-0.1, -0.05) is 13.3 Å². The molecule has 4 unspecified atom stereocenters. The number of fused-ring (bicyclic) bond motifs is 3. The lowest BCUT2D eigenvalue weighted by molar-refractivity contribution is 0.00205. The van der Waals surface area contributed by atoms with Crippen molar-refractivity contribution in [2.45, 2.75) is 39.2 Å². The Labute approximate surface area is 110 Å². The summed E-state index contributed by atoms with van der Waals surface area (Å²) >= 11 is 5.21. The molecule has 3 rings (SSSR count). The third-order valence-corrected chi connectivity index (χ3v) is 4.66. The van der Waals surface area contributed by atoms with Crippen molar-refractivity contribution >= 4 is 17.3 Å². The second-order valence-electron chi connectivity index (χ2n) is 5.34. The van der Waals surface area contributed by atoms with Gasteiger partial charge in [0, 0.05) is 25.7 Å². The van der Waals surface area contributed by atoms with Crippen LogP contribution in [0.25, 0.3) is 0 Å². The van der Waals surface area contributed by atoms with Gasteiger partial charge in [-0.15, -0.1) is 0 Å². The quantitative estimate of drug-likeness (QED) is 0.746. The average molecular weight is 255 g/mol. The summed E-state index contributed by atoms with van der Waals surface area (Å²) in [5.41, 5.74) is 0. The highest BCUT2D eigenvalue weighted by molar-refractivity contribution is 7.80. The molecule has 3 heterocycles. The Balaban J connectivity index is 1.78. The standard InChI is InChI=1S/C13H25N3S/c1-3-10-9-16-6-5-11(10)7-12(16)8-15-13(17)14-4-2/h10-12H,3-9H2,1-2H3,(H2,14,15,17). The minimum atomic E-state index is 0.702. The van der Waals surface area contributed by atoms with E-state index < -0.39 is 0 Å². The van der Waals surface area contributed by atoms with Crippen LogP contribution in [0.15, 0.2) is 0 Å². The fourth-order valence-corrected chi connectivity index (χ4v) is 3.59. The number of rotatable bonds is 4. The minimum Gasteiger partial charge on any atom is -0.363 e. The highest BCUT2D eigenvalue weighted by Crippen LogP contribution is 2.37. The van der Waals surface area contributed by atoms with E-state index in [-0.39, 0.29) is 0 Å². The van der Waals surface area contributed by atoms with Gasteiger partial charge in [-0.05, 0) is 50.4 Å². The van der Waals surface area contributed by atoms with Crippen LogP contribution in [0.2, 0.25) is 0 Å².